The Morgan fingerprint density at radius 3 is 2.83 bits per heavy atom. The number of anilines is 1. The van der Waals surface area contributed by atoms with Crippen molar-refractivity contribution in [3.63, 3.8) is 0 Å². The molecule has 36 heavy (non-hydrogen) atoms. The van der Waals surface area contributed by atoms with Gasteiger partial charge in [0, 0.05) is 41.7 Å². The van der Waals surface area contributed by atoms with Gasteiger partial charge in [-0.25, -0.2) is 0 Å². The maximum Gasteiger partial charge on any atom is 0.290 e. The van der Waals surface area contributed by atoms with Gasteiger partial charge in [0.15, 0.2) is 0 Å². The predicted octanol–water partition coefficient (Wildman–Crippen LogP) is 4.89. The number of nitrogens with one attached hydrogen (secondary N) is 1. The number of pyridine rings is 1. The summed E-state index contributed by atoms with van der Waals surface area (Å²) in [6.07, 6.45) is 3.60. The second kappa shape index (κ2) is 10.3. The number of carbonyl (C=O) groups is 1. The molecule has 0 amide bonds. The third kappa shape index (κ3) is 4.87. The molecule has 12 heteroatoms. The summed E-state index contributed by atoms with van der Waals surface area (Å²) in [5.74, 6) is 0.756. The molecule has 0 spiro atoms. The molecule has 0 atom stereocenters. The first-order chi connectivity index (χ1) is 17.5. The Morgan fingerprint density at radius 1 is 1.25 bits per heavy atom. The van der Waals surface area contributed by atoms with E-state index in [4.69, 9.17) is 16.1 Å². The van der Waals surface area contributed by atoms with Crippen LogP contribution in [0.2, 0.25) is 4.34 Å². The SMILES string of the molecule is N#Cc1c(-c2cc(NCc3ccc(Cl)s3)n(C(=O)c3cccs3)n2)ccn(CCc2ccno2)c1=O. The first-order valence-corrected chi connectivity index (χ1v) is 12.8. The average molecular weight is 537 g/mol. The van der Waals surface area contributed by atoms with Crippen molar-refractivity contribution in [3.8, 4) is 17.3 Å². The molecule has 0 fully saturated rings. The Bertz CT molecular complexity index is 1610. The molecule has 5 heterocycles. The van der Waals surface area contributed by atoms with Gasteiger partial charge in [-0.3, -0.25) is 9.59 Å². The molecular formula is C24H17ClN6O3S2. The number of aromatic nitrogens is 4. The highest BCUT2D eigenvalue weighted by Crippen LogP contribution is 2.27. The normalized spacial score (nSPS) is 10.9. The molecule has 0 saturated heterocycles. The van der Waals surface area contributed by atoms with Gasteiger partial charge >= 0.3 is 0 Å². The number of aryl methyl sites for hydroxylation is 2. The Morgan fingerprint density at radius 2 is 2.14 bits per heavy atom. The van der Waals surface area contributed by atoms with Crippen LogP contribution in [-0.4, -0.2) is 25.4 Å². The van der Waals surface area contributed by atoms with E-state index in [1.165, 1.54) is 38.1 Å². The summed E-state index contributed by atoms with van der Waals surface area (Å²) >= 11 is 8.77. The molecule has 0 aromatic carbocycles. The zero-order chi connectivity index (χ0) is 25.1. The molecule has 0 bridgehead atoms. The van der Waals surface area contributed by atoms with Crippen LogP contribution >= 0.6 is 34.3 Å². The average Bonchev–Trinajstić information content (AvgIpc) is 3.69. The highest BCUT2D eigenvalue weighted by Gasteiger charge is 2.21. The minimum atomic E-state index is -0.448. The van der Waals surface area contributed by atoms with Crippen molar-refractivity contribution in [2.24, 2.45) is 0 Å². The zero-order valence-electron chi connectivity index (χ0n) is 18.6. The fourth-order valence-corrected chi connectivity index (χ4v) is 5.27. The molecule has 180 valence electrons. The fourth-order valence-electron chi connectivity index (χ4n) is 3.60. The Hall–Kier alpha value is -3.98. The van der Waals surface area contributed by atoms with Gasteiger partial charge in [-0.2, -0.15) is 15.0 Å². The number of rotatable bonds is 8. The summed E-state index contributed by atoms with van der Waals surface area (Å²) in [5, 5.41) is 23.0. The van der Waals surface area contributed by atoms with Crippen LogP contribution in [-0.2, 0) is 19.5 Å². The molecule has 0 aliphatic heterocycles. The van der Waals surface area contributed by atoms with E-state index >= 15 is 0 Å². The number of halogens is 1. The smallest absolute Gasteiger partial charge is 0.290 e. The van der Waals surface area contributed by atoms with E-state index < -0.39 is 5.56 Å². The van der Waals surface area contributed by atoms with Gasteiger partial charge < -0.3 is 14.4 Å². The first kappa shape index (κ1) is 23.7. The van der Waals surface area contributed by atoms with E-state index in [-0.39, 0.29) is 11.5 Å². The monoisotopic (exact) mass is 536 g/mol. The maximum atomic E-state index is 13.2. The van der Waals surface area contributed by atoms with E-state index in [1.807, 2.05) is 17.5 Å². The highest BCUT2D eigenvalue weighted by molar-refractivity contribution is 7.16. The topological polar surface area (TPSA) is 119 Å². The molecule has 5 rings (SSSR count). The Labute approximate surface area is 217 Å². The predicted molar refractivity (Wildman–Crippen MR) is 138 cm³/mol. The van der Waals surface area contributed by atoms with Gasteiger partial charge in [-0.15, -0.1) is 22.7 Å². The van der Waals surface area contributed by atoms with Gasteiger partial charge in [0.25, 0.3) is 11.5 Å². The lowest BCUT2D eigenvalue weighted by molar-refractivity contribution is 0.0952. The number of nitriles is 1. The second-order valence-electron chi connectivity index (χ2n) is 7.61. The lowest BCUT2D eigenvalue weighted by Crippen LogP contribution is -2.23. The number of nitrogens with zero attached hydrogens (tertiary/aromatic N) is 5. The van der Waals surface area contributed by atoms with Crippen molar-refractivity contribution in [3.05, 3.63) is 96.0 Å². The summed E-state index contributed by atoms with van der Waals surface area (Å²) < 4.78 is 8.45. The van der Waals surface area contributed by atoms with Crippen LogP contribution in [0.4, 0.5) is 5.82 Å². The largest absolute Gasteiger partial charge is 0.365 e. The summed E-state index contributed by atoms with van der Waals surface area (Å²) in [6.45, 7) is 0.749. The van der Waals surface area contributed by atoms with Crippen molar-refractivity contribution in [2.75, 3.05) is 5.32 Å². The van der Waals surface area contributed by atoms with Crippen LogP contribution in [0.15, 0.2) is 69.6 Å². The molecule has 1 N–H and O–H groups in total. The van der Waals surface area contributed by atoms with Gasteiger partial charge in [0.2, 0.25) is 0 Å². The third-order valence-electron chi connectivity index (χ3n) is 5.35. The summed E-state index contributed by atoms with van der Waals surface area (Å²) in [4.78, 5) is 27.7. The van der Waals surface area contributed by atoms with Gasteiger partial charge in [0.1, 0.15) is 23.2 Å². The van der Waals surface area contributed by atoms with Crippen LogP contribution in [0.3, 0.4) is 0 Å². The second-order valence-corrected chi connectivity index (χ2v) is 10.4. The standard InChI is InChI=1S/C24H17ClN6O3S2/c25-21-4-3-16(36-21)14-27-22-12-19(29-31(22)24(33)20-2-1-11-35-20)17-7-10-30(23(32)18(17)13-26)9-6-15-5-8-28-34-15/h1-5,7-8,10-12,27H,6,9,14H2. The van der Waals surface area contributed by atoms with Gasteiger partial charge in [-0.1, -0.05) is 22.8 Å². The minimum absolute atomic E-state index is 0.0557. The van der Waals surface area contributed by atoms with Crippen LogP contribution in [0.1, 0.15) is 25.9 Å². The molecule has 5 aromatic heterocycles. The van der Waals surface area contributed by atoms with Crippen molar-refractivity contribution >= 4 is 46.0 Å². The zero-order valence-corrected chi connectivity index (χ0v) is 20.9. The van der Waals surface area contributed by atoms with E-state index in [2.05, 4.69) is 15.6 Å². The van der Waals surface area contributed by atoms with Gasteiger partial charge in [0.05, 0.1) is 27.6 Å². The van der Waals surface area contributed by atoms with Crippen LogP contribution in [0.25, 0.3) is 11.3 Å². The minimum Gasteiger partial charge on any atom is -0.365 e. The molecule has 9 nitrogen and oxygen atoms in total. The number of hydrogen-bond acceptors (Lipinski definition) is 9. The van der Waals surface area contributed by atoms with Crippen LogP contribution in [0, 0.1) is 11.3 Å². The van der Waals surface area contributed by atoms with Crippen molar-refractivity contribution in [1.29, 1.82) is 5.26 Å². The maximum absolute atomic E-state index is 13.2. The fraction of sp³-hybridized carbons (Fsp3) is 0.125. The Kier molecular flexibility index (Phi) is 6.81. The van der Waals surface area contributed by atoms with E-state index in [1.54, 1.807) is 42.6 Å². The number of carbonyl (C=O) groups excluding carboxylic acids is 1. The lowest BCUT2D eigenvalue weighted by Gasteiger charge is -2.07. The van der Waals surface area contributed by atoms with Gasteiger partial charge in [-0.05, 0) is 29.6 Å². The molecule has 0 aliphatic rings. The molecule has 0 unspecified atom stereocenters. The lowest BCUT2D eigenvalue weighted by atomic mass is 10.1. The van der Waals surface area contributed by atoms with Crippen LogP contribution < -0.4 is 10.9 Å². The van der Waals surface area contributed by atoms with Crippen molar-refractivity contribution in [2.45, 2.75) is 19.5 Å². The molecule has 0 radical (unpaired) electrons. The highest BCUT2D eigenvalue weighted by atomic mass is 35.5. The van der Waals surface area contributed by atoms with E-state index in [9.17, 15) is 14.9 Å². The molecule has 0 saturated carbocycles. The summed E-state index contributed by atoms with van der Waals surface area (Å²) in [6, 6.07) is 14.3. The molecule has 0 aliphatic carbocycles. The third-order valence-corrected chi connectivity index (χ3v) is 7.44. The molecular weight excluding hydrogens is 520 g/mol. The summed E-state index contributed by atoms with van der Waals surface area (Å²) in [7, 11) is 0. The van der Waals surface area contributed by atoms with E-state index in [0.717, 1.165) is 4.88 Å². The molecule has 5 aromatic rings. The van der Waals surface area contributed by atoms with Crippen LogP contribution in [0.5, 0.6) is 0 Å². The number of hydrogen-bond donors (Lipinski definition) is 1. The number of thiophene rings is 2. The van der Waals surface area contributed by atoms with E-state index in [0.29, 0.717) is 51.6 Å². The summed E-state index contributed by atoms with van der Waals surface area (Å²) in [5.41, 5.74) is 0.178. The Balaban J connectivity index is 1.49. The van der Waals surface area contributed by atoms with Crippen molar-refractivity contribution < 1.29 is 9.32 Å². The first-order valence-electron chi connectivity index (χ1n) is 10.7. The quantitative estimate of drug-likeness (QED) is 0.300. The van der Waals surface area contributed by atoms with Crippen molar-refractivity contribution in [1.82, 2.24) is 19.5 Å².